The second kappa shape index (κ2) is 6.58. The molecule has 0 radical (unpaired) electrons. The van der Waals surface area contributed by atoms with E-state index in [-0.39, 0.29) is 17.8 Å². The van der Waals surface area contributed by atoms with Crippen LogP contribution in [0.15, 0.2) is 41.1 Å². The van der Waals surface area contributed by atoms with Gasteiger partial charge in [-0.3, -0.25) is 9.69 Å². The maximum atomic E-state index is 13.2. The molecule has 3 nitrogen and oxygen atoms in total. The summed E-state index contributed by atoms with van der Waals surface area (Å²) in [7, 11) is 0. The molecule has 1 N–H and O–H groups in total. The van der Waals surface area contributed by atoms with E-state index in [1.54, 1.807) is 23.5 Å². The predicted octanol–water partition coefficient (Wildman–Crippen LogP) is 4.05. The predicted molar refractivity (Wildman–Crippen MR) is 87.5 cm³/mol. The van der Waals surface area contributed by atoms with Gasteiger partial charge in [0.2, 0.25) is 5.91 Å². The Morgan fingerprint density at radius 3 is 3.05 bits per heavy atom. The van der Waals surface area contributed by atoms with Crippen molar-refractivity contribution in [1.29, 1.82) is 0 Å². The van der Waals surface area contributed by atoms with Crippen LogP contribution >= 0.6 is 11.3 Å². The number of amides is 1. The van der Waals surface area contributed by atoms with Crippen molar-refractivity contribution in [2.45, 2.75) is 31.8 Å². The van der Waals surface area contributed by atoms with Crippen LogP contribution in [0.1, 0.15) is 31.4 Å². The van der Waals surface area contributed by atoms with Crippen LogP contribution < -0.4 is 5.32 Å². The highest BCUT2D eigenvalue weighted by atomic mass is 32.1. The number of nitrogens with one attached hydrogen (secondary N) is 1. The Morgan fingerprint density at radius 2 is 2.32 bits per heavy atom. The summed E-state index contributed by atoms with van der Waals surface area (Å²) in [5, 5.41) is 7.03. The number of carbonyl (C=O) groups is 1. The van der Waals surface area contributed by atoms with E-state index in [4.69, 9.17) is 0 Å². The second-order valence-electron chi connectivity index (χ2n) is 5.63. The Morgan fingerprint density at radius 1 is 1.45 bits per heavy atom. The number of halogens is 1. The maximum absolute atomic E-state index is 13.2. The zero-order valence-corrected chi connectivity index (χ0v) is 13.3. The minimum Gasteiger partial charge on any atom is -0.325 e. The number of nitrogens with zero attached hydrogens (tertiary/aromatic N) is 1. The number of carbonyl (C=O) groups excluding carboxylic acids is 1. The summed E-state index contributed by atoms with van der Waals surface area (Å²) >= 11 is 1.68. The number of anilines is 1. The van der Waals surface area contributed by atoms with Crippen molar-refractivity contribution in [3.63, 3.8) is 0 Å². The molecule has 1 aliphatic rings. The SMILES string of the molecule is C[C@@H](C(=O)Nc1cccc(F)c1)N1CCC[C@@H]1c1ccsc1. The average Bonchev–Trinajstić information content (AvgIpc) is 3.17. The van der Waals surface area contributed by atoms with Gasteiger partial charge in [0.25, 0.3) is 0 Å². The zero-order chi connectivity index (χ0) is 15.5. The van der Waals surface area contributed by atoms with Crippen LogP contribution in [-0.4, -0.2) is 23.4 Å². The Bertz CT molecular complexity index is 644. The lowest BCUT2D eigenvalue weighted by Crippen LogP contribution is -2.41. The van der Waals surface area contributed by atoms with Crippen LogP contribution in [0.4, 0.5) is 10.1 Å². The maximum Gasteiger partial charge on any atom is 0.241 e. The highest BCUT2D eigenvalue weighted by Gasteiger charge is 2.33. The number of hydrogen-bond acceptors (Lipinski definition) is 3. The molecular formula is C17H19FN2OS. The lowest BCUT2D eigenvalue weighted by molar-refractivity contribution is -0.121. The van der Waals surface area contributed by atoms with Gasteiger partial charge in [-0.1, -0.05) is 6.07 Å². The fraction of sp³-hybridized carbons (Fsp3) is 0.353. The first-order chi connectivity index (χ1) is 10.6. The van der Waals surface area contributed by atoms with E-state index in [2.05, 4.69) is 27.0 Å². The monoisotopic (exact) mass is 318 g/mol. The van der Waals surface area contributed by atoms with Crippen LogP contribution in [0.25, 0.3) is 0 Å². The topological polar surface area (TPSA) is 32.3 Å². The molecule has 1 amide bonds. The first-order valence-electron chi connectivity index (χ1n) is 7.49. The molecule has 0 aliphatic carbocycles. The molecule has 1 aliphatic heterocycles. The van der Waals surface area contributed by atoms with E-state index in [9.17, 15) is 9.18 Å². The Balaban J connectivity index is 1.70. The standard InChI is InChI=1S/C17H19FN2OS/c1-12(17(21)19-15-5-2-4-14(18)10-15)20-8-3-6-16(20)13-7-9-22-11-13/h2,4-5,7,9-12,16H,3,6,8H2,1H3,(H,19,21)/t12-,16+/m0/s1. The van der Waals surface area contributed by atoms with Crippen molar-refractivity contribution in [2.24, 2.45) is 0 Å². The zero-order valence-electron chi connectivity index (χ0n) is 12.5. The molecule has 116 valence electrons. The molecule has 2 atom stereocenters. The summed E-state index contributed by atoms with van der Waals surface area (Å²) in [6.45, 7) is 2.83. The number of hydrogen-bond donors (Lipinski definition) is 1. The molecule has 1 aromatic carbocycles. The largest absolute Gasteiger partial charge is 0.325 e. The minimum atomic E-state index is -0.345. The lowest BCUT2D eigenvalue weighted by Gasteiger charge is -2.29. The molecule has 3 rings (SSSR count). The minimum absolute atomic E-state index is 0.0901. The van der Waals surface area contributed by atoms with E-state index < -0.39 is 0 Å². The third-order valence-electron chi connectivity index (χ3n) is 4.19. The normalized spacial score (nSPS) is 20.0. The van der Waals surface area contributed by atoms with E-state index in [0.717, 1.165) is 19.4 Å². The third kappa shape index (κ3) is 3.20. The Kier molecular flexibility index (Phi) is 4.55. The van der Waals surface area contributed by atoms with Crippen LogP contribution in [0, 0.1) is 5.82 Å². The summed E-state index contributed by atoms with van der Waals surface area (Å²) in [4.78, 5) is 14.7. The highest BCUT2D eigenvalue weighted by Crippen LogP contribution is 2.34. The van der Waals surface area contributed by atoms with Crippen molar-refractivity contribution < 1.29 is 9.18 Å². The van der Waals surface area contributed by atoms with Gasteiger partial charge in [-0.25, -0.2) is 4.39 Å². The van der Waals surface area contributed by atoms with Crippen molar-refractivity contribution in [3.8, 4) is 0 Å². The van der Waals surface area contributed by atoms with Gasteiger partial charge in [0.1, 0.15) is 5.82 Å². The number of likely N-dealkylation sites (tertiary alicyclic amines) is 1. The summed E-state index contributed by atoms with van der Waals surface area (Å²) in [5.74, 6) is -0.435. The number of thiophene rings is 1. The first-order valence-corrected chi connectivity index (χ1v) is 8.43. The quantitative estimate of drug-likeness (QED) is 0.922. The first kappa shape index (κ1) is 15.2. The Labute approximate surface area is 133 Å². The van der Waals surface area contributed by atoms with Crippen LogP contribution in [0.2, 0.25) is 0 Å². The number of rotatable bonds is 4. The molecule has 1 aromatic heterocycles. The second-order valence-corrected chi connectivity index (χ2v) is 6.41. The van der Waals surface area contributed by atoms with Gasteiger partial charge >= 0.3 is 0 Å². The van der Waals surface area contributed by atoms with E-state index in [0.29, 0.717) is 11.7 Å². The molecule has 2 heterocycles. The van der Waals surface area contributed by atoms with E-state index in [1.165, 1.54) is 17.7 Å². The molecule has 22 heavy (non-hydrogen) atoms. The van der Waals surface area contributed by atoms with Gasteiger partial charge in [0, 0.05) is 11.7 Å². The molecule has 2 aromatic rings. The fourth-order valence-electron chi connectivity index (χ4n) is 3.04. The summed E-state index contributed by atoms with van der Waals surface area (Å²) < 4.78 is 13.2. The number of benzene rings is 1. The van der Waals surface area contributed by atoms with Crippen molar-refractivity contribution >= 4 is 22.9 Å². The molecule has 0 bridgehead atoms. The Hall–Kier alpha value is -1.72. The molecule has 0 spiro atoms. The molecule has 1 saturated heterocycles. The van der Waals surface area contributed by atoms with Crippen LogP contribution in [0.3, 0.4) is 0 Å². The van der Waals surface area contributed by atoms with Gasteiger partial charge in [-0.2, -0.15) is 11.3 Å². The molecule has 5 heteroatoms. The lowest BCUT2D eigenvalue weighted by atomic mass is 10.1. The third-order valence-corrected chi connectivity index (χ3v) is 4.89. The van der Waals surface area contributed by atoms with Gasteiger partial charge in [0.15, 0.2) is 0 Å². The summed E-state index contributed by atoms with van der Waals surface area (Å²) in [6.07, 6.45) is 2.17. The molecule has 0 unspecified atom stereocenters. The summed E-state index contributed by atoms with van der Waals surface area (Å²) in [5.41, 5.74) is 1.79. The van der Waals surface area contributed by atoms with Gasteiger partial charge in [0.05, 0.1) is 6.04 Å². The van der Waals surface area contributed by atoms with Crippen LogP contribution in [-0.2, 0) is 4.79 Å². The van der Waals surface area contributed by atoms with Crippen LogP contribution in [0.5, 0.6) is 0 Å². The van der Waals surface area contributed by atoms with Gasteiger partial charge in [-0.15, -0.1) is 0 Å². The van der Waals surface area contributed by atoms with E-state index in [1.807, 2.05) is 6.92 Å². The van der Waals surface area contributed by atoms with Crippen molar-refractivity contribution in [3.05, 3.63) is 52.5 Å². The smallest absolute Gasteiger partial charge is 0.241 e. The van der Waals surface area contributed by atoms with Gasteiger partial charge < -0.3 is 5.32 Å². The van der Waals surface area contributed by atoms with Crippen molar-refractivity contribution in [1.82, 2.24) is 4.90 Å². The molecular weight excluding hydrogens is 299 g/mol. The molecule has 1 fully saturated rings. The summed E-state index contributed by atoms with van der Waals surface area (Å²) in [6, 6.07) is 8.20. The molecule has 0 saturated carbocycles. The van der Waals surface area contributed by atoms with Crippen molar-refractivity contribution in [2.75, 3.05) is 11.9 Å². The van der Waals surface area contributed by atoms with E-state index >= 15 is 0 Å². The average molecular weight is 318 g/mol. The highest BCUT2D eigenvalue weighted by molar-refractivity contribution is 7.07. The van der Waals surface area contributed by atoms with Gasteiger partial charge in [-0.05, 0) is 66.9 Å². The fourth-order valence-corrected chi connectivity index (χ4v) is 3.75.